The minimum atomic E-state index is -0.00657. The topological polar surface area (TPSA) is 77.4 Å². The van der Waals surface area contributed by atoms with E-state index in [1.807, 2.05) is 19.2 Å². The van der Waals surface area contributed by atoms with E-state index < -0.39 is 0 Å². The van der Waals surface area contributed by atoms with Crippen LogP contribution in [0.3, 0.4) is 0 Å². The number of rotatable bonds is 3. The van der Waals surface area contributed by atoms with Gasteiger partial charge in [0, 0.05) is 18.1 Å². The second-order valence-electron chi connectivity index (χ2n) is 4.05. The summed E-state index contributed by atoms with van der Waals surface area (Å²) in [5.74, 6) is 0. The molecular formula is C14H10ClN5. The number of aromatic nitrogens is 2. The van der Waals surface area contributed by atoms with Gasteiger partial charge in [-0.2, -0.15) is 15.6 Å². The van der Waals surface area contributed by atoms with Crippen LogP contribution in [0.15, 0.2) is 42.4 Å². The fourth-order valence-corrected chi connectivity index (χ4v) is 1.84. The summed E-state index contributed by atoms with van der Waals surface area (Å²) in [6.07, 6.45) is 4.96. The van der Waals surface area contributed by atoms with E-state index >= 15 is 0 Å². The molecule has 0 saturated carbocycles. The molecule has 98 valence electrons. The van der Waals surface area contributed by atoms with Crippen LogP contribution >= 0.6 is 11.6 Å². The molecule has 0 fully saturated rings. The van der Waals surface area contributed by atoms with Gasteiger partial charge in [-0.15, -0.1) is 0 Å². The lowest BCUT2D eigenvalue weighted by Gasteiger charge is -2.07. The van der Waals surface area contributed by atoms with Crippen molar-refractivity contribution in [3.63, 3.8) is 0 Å². The van der Waals surface area contributed by atoms with Gasteiger partial charge in [-0.25, -0.2) is 4.68 Å². The number of aryl methyl sites for hydroxylation is 1. The number of allylic oxidation sites excluding steroid dienone is 1. The van der Waals surface area contributed by atoms with Crippen LogP contribution in [0.5, 0.6) is 0 Å². The van der Waals surface area contributed by atoms with E-state index in [9.17, 15) is 0 Å². The summed E-state index contributed by atoms with van der Waals surface area (Å²) in [5, 5.41) is 24.8. The molecule has 1 heterocycles. The van der Waals surface area contributed by atoms with Gasteiger partial charge in [-0.1, -0.05) is 11.6 Å². The molecule has 20 heavy (non-hydrogen) atoms. The van der Waals surface area contributed by atoms with Crippen molar-refractivity contribution in [3.8, 4) is 17.8 Å². The van der Waals surface area contributed by atoms with Crippen LogP contribution < -0.4 is 5.32 Å². The zero-order valence-corrected chi connectivity index (χ0v) is 11.4. The maximum absolute atomic E-state index is 8.64. The third-order valence-electron chi connectivity index (χ3n) is 2.53. The largest absolute Gasteiger partial charge is 0.360 e. The van der Waals surface area contributed by atoms with Crippen LogP contribution in [0.2, 0.25) is 5.02 Å². The second kappa shape index (κ2) is 5.92. The normalized spacial score (nSPS) is 9.40. The smallest absolute Gasteiger partial charge is 0.145 e. The van der Waals surface area contributed by atoms with Gasteiger partial charge < -0.3 is 5.32 Å². The molecule has 0 amide bonds. The molecular weight excluding hydrogens is 274 g/mol. The molecule has 1 N–H and O–H groups in total. The van der Waals surface area contributed by atoms with E-state index in [4.69, 9.17) is 22.1 Å². The number of nitrogens with one attached hydrogen (secondary N) is 1. The Morgan fingerprint density at radius 2 is 2.15 bits per heavy atom. The lowest BCUT2D eigenvalue weighted by atomic mass is 10.2. The first-order chi connectivity index (χ1) is 9.63. The van der Waals surface area contributed by atoms with Crippen molar-refractivity contribution in [1.29, 1.82) is 10.5 Å². The summed E-state index contributed by atoms with van der Waals surface area (Å²) < 4.78 is 1.69. The Kier molecular flexibility index (Phi) is 4.05. The fourth-order valence-electron chi connectivity index (χ4n) is 1.57. The second-order valence-corrected chi connectivity index (χ2v) is 4.46. The average Bonchev–Trinajstić information content (AvgIpc) is 2.86. The van der Waals surface area contributed by atoms with Crippen molar-refractivity contribution in [2.75, 3.05) is 5.32 Å². The van der Waals surface area contributed by atoms with Crippen molar-refractivity contribution >= 4 is 17.3 Å². The molecule has 0 radical (unpaired) electrons. The summed E-state index contributed by atoms with van der Waals surface area (Å²) >= 11 is 6.20. The highest BCUT2D eigenvalue weighted by Crippen LogP contribution is 2.24. The summed E-state index contributed by atoms with van der Waals surface area (Å²) in [6.45, 7) is 1.95. The molecule has 2 aromatic rings. The van der Waals surface area contributed by atoms with Crippen LogP contribution in [0, 0.1) is 29.6 Å². The van der Waals surface area contributed by atoms with Gasteiger partial charge in [0.2, 0.25) is 0 Å². The molecule has 0 aliphatic rings. The quantitative estimate of drug-likeness (QED) is 0.878. The first-order valence-corrected chi connectivity index (χ1v) is 6.10. The van der Waals surface area contributed by atoms with E-state index in [2.05, 4.69) is 10.4 Å². The average molecular weight is 284 g/mol. The van der Waals surface area contributed by atoms with Crippen LogP contribution in [-0.2, 0) is 0 Å². The van der Waals surface area contributed by atoms with E-state index in [0.717, 1.165) is 11.3 Å². The van der Waals surface area contributed by atoms with Crippen LogP contribution in [0.4, 0.5) is 5.69 Å². The minimum Gasteiger partial charge on any atom is -0.360 e. The molecule has 5 nitrogen and oxygen atoms in total. The molecule has 0 saturated heterocycles. The van der Waals surface area contributed by atoms with Crippen molar-refractivity contribution in [3.05, 3.63) is 53.0 Å². The van der Waals surface area contributed by atoms with E-state index in [-0.39, 0.29) is 5.57 Å². The number of hydrogen-bond acceptors (Lipinski definition) is 4. The van der Waals surface area contributed by atoms with E-state index in [1.165, 1.54) is 6.20 Å². The predicted molar refractivity (Wildman–Crippen MR) is 76.2 cm³/mol. The Morgan fingerprint density at radius 3 is 2.70 bits per heavy atom. The molecule has 6 heteroatoms. The monoisotopic (exact) mass is 283 g/mol. The molecule has 1 aromatic carbocycles. The number of anilines is 1. The standard InChI is InChI=1S/C14H10ClN5/c1-10-7-19-20(9-10)14-3-2-12(4-13(14)15)18-8-11(5-16)6-17/h2-4,7-9,18H,1H3. The van der Waals surface area contributed by atoms with Crippen molar-refractivity contribution in [1.82, 2.24) is 9.78 Å². The van der Waals surface area contributed by atoms with Crippen molar-refractivity contribution in [2.45, 2.75) is 6.92 Å². The molecule has 2 rings (SSSR count). The zero-order valence-electron chi connectivity index (χ0n) is 10.6. The summed E-state index contributed by atoms with van der Waals surface area (Å²) in [4.78, 5) is 0. The van der Waals surface area contributed by atoms with Gasteiger partial charge in [0.25, 0.3) is 0 Å². The first kappa shape index (κ1) is 13.7. The van der Waals surface area contributed by atoms with E-state index in [0.29, 0.717) is 10.7 Å². The van der Waals surface area contributed by atoms with E-state index in [1.54, 1.807) is 35.1 Å². The van der Waals surface area contributed by atoms with Crippen LogP contribution in [0.25, 0.3) is 5.69 Å². The zero-order chi connectivity index (χ0) is 14.5. The number of nitrogens with zero attached hydrogens (tertiary/aromatic N) is 4. The number of hydrogen-bond donors (Lipinski definition) is 1. The highest BCUT2D eigenvalue weighted by Gasteiger charge is 2.05. The molecule has 0 atom stereocenters. The number of benzene rings is 1. The Balaban J connectivity index is 2.25. The highest BCUT2D eigenvalue weighted by atomic mass is 35.5. The van der Waals surface area contributed by atoms with Gasteiger partial charge in [0.15, 0.2) is 0 Å². The first-order valence-electron chi connectivity index (χ1n) is 5.72. The van der Waals surface area contributed by atoms with Gasteiger partial charge >= 0.3 is 0 Å². The Hall–Kier alpha value is -2.76. The Morgan fingerprint density at radius 1 is 1.40 bits per heavy atom. The van der Waals surface area contributed by atoms with Crippen LogP contribution in [-0.4, -0.2) is 9.78 Å². The Bertz CT molecular complexity index is 730. The molecule has 0 aliphatic carbocycles. The van der Waals surface area contributed by atoms with Gasteiger partial charge in [-0.3, -0.25) is 0 Å². The lowest BCUT2D eigenvalue weighted by Crippen LogP contribution is -1.97. The van der Waals surface area contributed by atoms with Crippen molar-refractivity contribution in [2.24, 2.45) is 0 Å². The highest BCUT2D eigenvalue weighted by molar-refractivity contribution is 6.32. The number of nitriles is 2. The molecule has 0 bridgehead atoms. The minimum absolute atomic E-state index is 0.00657. The molecule has 0 unspecified atom stereocenters. The SMILES string of the molecule is Cc1cnn(-c2ccc(NC=C(C#N)C#N)cc2Cl)c1. The number of halogens is 1. The van der Waals surface area contributed by atoms with Gasteiger partial charge in [-0.05, 0) is 30.7 Å². The summed E-state index contributed by atoms with van der Waals surface area (Å²) in [7, 11) is 0. The van der Waals surface area contributed by atoms with Crippen LogP contribution in [0.1, 0.15) is 5.56 Å². The lowest BCUT2D eigenvalue weighted by molar-refractivity contribution is 0.880. The third kappa shape index (κ3) is 2.97. The molecule has 1 aromatic heterocycles. The maximum atomic E-state index is 8.64. The predicted octanol–water partition coefficient (Wildman–Crippen LogP) is 3.18. The molecule has 0 spiro atoms. The fraction of sp³-hybridized carbons (Fsp3) is 0.0714. The Labute approximate surface area is 121 Å². The summed E-state index contributed by atoms with van der Waals surface area (Å²) in [5.41, 5.74) is 2.48. The molecule has 0 aliphatic heterocycles. The third-order valence-corrected chi connectivity index (χ3v) is 2.83. The van der Waals surface area contributed by atoms with Gasteiger partial charge in [0.05, 0.1) is 16.9 Å². The van der Waals surface area contributed by atoms with Crippen molar-refractivity contribution < 1.29 is 0 Å². The summed E-state index contributed by atoms with van der Waals surface area (Å²) in [6, 6.07) is 8.84. The maximum Gasteiger partial charge on any atom is 0.145 e. The van der Waals surface area contributed by atoms with Gasteiger partial charge in [0.1, 0.15) is 17.7 Å².